The lowest BCUT2D eigenvalue weighted by molar-refractivity contribution is 0.177. The molecule has 2 rings (SSSR count). The van der Waals surface area contributed by atoms with Gasteiger partial charge in [-0.05, 0) is 34.1 Å². The maximum Gasteiger partial charge on any atom is 0.134 e. The van der Waals surface area contributed by atoms with E-state index in [1.807, 2.05) is 23.6 Å². The molecule has 1 aromatic heterocycles. The van der Waals surface area contributed by atoms with Gasteiger partial charge in [-0.15, -0.1) is 11.3 Å². The largest absolute Gasteiger partial charge is 0.378 e. The van der Waals surface area contributed by atoms with E-state index in [0.29, 0.717) is 11.6 Å². The molecule has 0 bridgehead atoms. The third kappa shape index (κ3) is 3.51. The second-order valence-electron chi connectivity index (χ2n) is 3.35. The fourth-order valence-electron chi connectivity index (χ4n) is 1.32. The van der Waals surface area contributed by atoms with Crippen LogP contribution in [0.3, 0.4) is 0 Å². The van der Waals surface area contributed by atoms with E-state index in [0.717, 1.165) is 20.3 Å². The van der Waals surface area contributed by atoms with Gasteiger partial charge in [-0.3, -0.25) is 0 Å². The molecular weight excluding hydrogens is 368 g/mol. The normalized spacial score (nSPS) is 10.5. The maximum absolute atomic E-state index is 10.6. The first-order valence-electron chi connectivity index (χ1n) is 4.89. The molecule has 1 radical (unpaired) electrons. The summed E-state index contributed by atoms with van der Waals surface area (Å²) in [4.78, 5) is 4.21. The van der Waals surface area contributed by atoms with E-state index < -0.39 is 0 Å². The molecule has 0 unspecified atom stereocenters. The summed E-state index contributed by atoms with van der Waals surface area (Å²) in [5, 5.41) is 16.4. The molecule has 1 heterocycles. The first-order chi connectivity index (χ1) is 8.19. The first kappa shape index (κ1) is 13.0. The zero-order chi connectivity index (χ0) is 12.3. The number of aromatic nitrogens is 1. The molecule has 0 spiro atoms. The third-order valence-corrected chi connectivity index (χ3v) is 4.13. The molecule has 0 fully saturated rings. The van der Waals surface area contributed by atoms with Gasteiger partial charge in [0, 0.05) is 20.0 Å². The summed E-state index contributed by atoms with van der Waals surface area (Å²) >= 11 is 8.29. The Morgan fingerprint density at radius 2 is 2.18 bits per heavy atom. The van der Waals surface area contributed by atoms with Crippen LogP contribution in [0.1, 0.15) is 10.7 Å². The van der Waals surface area contributed by atoms with Crippen molar-refractivity contribution in [2.75, 3.05) is 5.32 Å². The van der Waals surface area contributed by atoms with Crippen LogP contribution < -0.4 is 5.32 Å². The van der Waals surface area contributed by atoms with Crippen LogP contribution in [0, 0.1) is 0 Å². The van der Waals surface area contributed by atoms with Crippen LogP contribution >= 0.6 is 43.2 Å². The number of hydrogen-bond acceptors (Lipinski definition) is 3. The Labute approximate surface area is 120 Å². The minimum atomic E-state index is -0.243. The van der Waals surface area contributed by atoms with Crippen LogP contribution in [0.15, 0.2) is 32.5 Å². The molecule has 2 aromatic rings. The van der Waals surface area contributed by atoms with E-state index in [4.69, 9.17) is 0 Å². The van der Waals surface area contributed by atoms with Crippen molar-refractivity contribution in [1.29, 1.82) is 0 Å². The predicted molar refractivity (Wildman–Crippen MR) is 75.7 cm³/mol. The summed E-state index contributed by atoms with van der Waals surface area (Å²) < 4.78 is 2.02. The fourth-order valence-corrected chi connectivity index (χ4v) is 3.15. The van der Waals surface area contributed by atoms with Gasteiger partial charge < -0.3 is 5.32 Å². The Hall–Kier alpha value is -0.430. The molecule has 0 aliphatic rings. The van der Waals surface area contributed by atoms with Crippen LogP contribution in [0.4, 0.5) is 5.69 Å². The molecule has 0 aliphatic heterocycles. The fraction of sp³-hybridized carbons (Fsp3) is 0.182. The maximum atomic E-state index is 10.6. The van der Waals surface area contributed by atoms with Crippen LogP contribution in [0.25, 0.3) is 0 Å². The van der Waals surface area contributed by atoms with Gasteiger partial charge >= 0.3 is 0 Å². The Morgan fingerprint density at radius 1 is 1.35 bits per heavy atom. The third-order valence-electron chi connectivity index (χ3n) is 2.11. The zero-order valence-electron chi connectivity index (χ0n) is 8.74. The van der Waals surface area contributed by atoms with Gasteiger partial charge in [0.15, 0.2) is 0 Å². The van der Waals surface area contributed by atoms with E-state index in [2.05, 4.69) is 42.2 Å². The smallest absolute Gasteiger partial charge is 0.134 e. The van der Waals surface area contributed by atoms with Gasteiger partial charge in [0.2, 0.25) is 0 Å². The number of hydrogen-bond donors (Lipinski definition) is 1. The van der Waals surface area contributed by atoms with Crippen LogP contribution in [0.5, 0.6) is 0 Å². The zero-order valence-corrected chi connectivity index (χ0v) is 12.7. The number of anilines is 1. The van der Waals surface area contributed by atoms with Crippen molar-refractivity contribution in [3.63, 3.8) is 0 Å². The first-order valence-corrected chi connectivity index (χ1v) is 7.36. The Bertz CT molecular complexity index is 516. The minimum Gasteiger partial charge on any atom is -0.378 e. The average molecular weight is 377 g/mol. The lowest BCUT2D eigenvalue weighted by Crippen LogP contribution is -2.00. The quantitative estimate of drug-likeness (QED) is 0.868. The summed E-state index contributed by atoms with van der Waals surface area (Å²) in [5.41, 5.74) is 1.90. The molecule has 0 amide bonds. The number of rotatable bonds is 4. The van der Waals surface area contributed by atoms with Gasteiger partial charge in [-0.25, -0.2) is 10.1 Å². The summed E-state index contributed by atoms with van der Waals surface area (Å²) in [6, 6.07) is 5.93. The molecule has 6 heteroatoms. The number of nitrogens with one attached hydrogen (secondary N) is 1. The SMILES string of the molecule is [O]Cc1nc(CNc2ccc(Br)cc2Br)cs1. The van der Waals surface area contributed by atoms with Crippen molar-refractivity contribution in [2.24, 2.45) is 0 Å². The summed E-state index contributed by atoms with van der Waals surface area (Å²) in [5.74, 6) is 0. The Kier molecular flexibility index (Phi) is 4.55. The molecule has 0 atom stereocenters. The topological polar surface area (TPSA) is 44.8 Å². The van der Waals surface area contributed by atoms with E-state index in [9.17, 15) is 5.11 Å². The summed E-state index contributed by atoms with van der Waals surface area (Å²) in [7, 11) is 0. The lowest BCUT2D eigenvalue weighted by Gasteiger charge is -2.07. The van der Waals surface area contributed by atoms with Gasteiger partial charge in [-0.1, -0.05) is 15.9 Å². The molecule has 1 N–H and O–H groups in total. The van der Waals surface area contributed by atoms with Crippen molar-refractivity contribution in [2.45, 2.75) is 13.2 Å². The molecule has 0 saturated heterocycles. The average Bonchev–Trinajstić information content (AvgIpc) is 2.76. The highest BCUT2D eigenvalue weighted by atomic mass is 79.9. The van der Waals surface area contributed by atoms with Crippen molar-refractivity contribution in [3.8, 4) is 0 Å². The molecular formula is C11H9Br2N2OS. The Morgan fingerprint density at radius 3 is 2.82 bits per heavy atom. The highest BCUT2D eigenvalue weighted by Crippen LogP contribution is 2.26. The van der Waals surface area contributed by atoms with Crippen molar-refractivity contribution in [3.05, 3.63) is 43.2 Å². The predicted octanol–water partition coefficient (Wildman–Crippen LogP) is 4.21. The van der Waals surface area contributed by atoms with E-state index in [1.54, 1.807) is 0 Å². The molecule has 0 saturated carbocycles. The number of nitrogens with zero attached hydrogens (tertiary/aromatic N) is 1. The number of halogens is 2. The van der Waals surface area contributed by atoms with E-state index in [-0.39, 0.29) is 6.61 Å². The van der Waals surface area contributed by atoms with Crippen molar-refractivity contribution >= 4 is 48.9 Å². The molecule has 3 nitrogen and oxygen atoms in total. The van der Waals surface area contributed by atoms with Gasteiger partial charge in [0.1, 0.15) is 11.6 Å². The number of thiazole rings is 1. The summed E-state index contributed by atoms with van der Waals surface area (Å²) in [6.45, 7) is 0.378. The summed E-state index contributed by atoms with van der Waals surface area (Å²) in [6.07, 6.45) is 0. The molecule has 17 heavy (non-hydrogen) atoms. The van der Waals surface area contributed by atoms with E-state index >= 15 is 0 Å². The van der Waals surface area contributed by atoms with Gasteiger partial charge in [0.25, 0.3) is 0 Å². The minimum absolute atomic E-state index is 0.243. The second kappa shape index (κ2) is 5.95. The van der Waals surface area contributed by atoms with Crippen LogP contribution in [-0.2, 0) is 18.3 Å². The Balaban J connectivity index is 2.02. The van der Waals surface area contributed by atoms with Gasteiger partial charge in [0.05, 0.1) is 12.2 Å². The molecule has 0 aliphatic carbocycles. The van der Waals surface area contributed by atoms with Crippen LogP contribution in [0.2, 0.25) is 0 Å². The van der Waals surface area contributed by atoms with Gasteiger partial charge in [-0.2, -0.15) is 0 Å². The monoisotopic (exact) mass is 375 g/mol. The molecule has 1 aromatic carbocycles. The van der Waals surface area contributed by atoms with Crippen LogP contribution in [-0.4, -0.2) is 4.98 Å². The standard InChI is InChI=1S/C11H9Br2N2OS/c12-7-1-2-10(9(13)3-7)14-4-8-6-17-11(5-16)15-8/h1-3,6,14H,4-5H2. The number of benzene rings is 1. The molecule has 89 valence electrons. The van der Waals surface area contributed by atoms with Crippen molar-refractivity contribution in [1.82, 2.24) is 4.98 Å². The second-order valence-corrected chi connectivity index (χ2v) is 6.07. The lowest BCUT2D eigenvalue weighted by atomic mass is 10.3. The van der Waals surface area contributed by atoms with Crippen molar-refractivity contribution < 1.29 is 5.11 Å². The van der Waals surface area contributed by atoms with E-state index in [1.165, 1.54) is 11.3 Å². The highest BCUT2D eigenvalue weighted by Gasteiger charge is 2.03. The highest BCUT2D eigenvalue weighted by molar-refractivity contribution is 9.11.